The summed E-state index contributed by atoms with van der Waals surface area (Å²) >= 11 is 0. The summed E-state index contributed by atoms with van der Waals surface area (Å²) in [4.78, 5) is 42.8. The van der Waals surface area contributed by atoms with Gasteiger partial charge in [-0.3, -0.25) is 4.79 Å². The van der Waals surface area contributed by atoms with E-state index in [0.717, 1.165) is 12.8 Å². The Bertz CT molecular complexity index is 1650. The Kier molecular flexibility index (Phi) is 16.4. The van der Waals surface area contributed by atoms with Crippen LogP contribution in [-0.2, 0) is 61.4 Å². The van der Waals surface area contributed by atoms with Gasteiger partial charge in [-0.25, -0.2) is 9.59 Å². The van der Waals surface area contributed by atoms with Gasteiger partial charge in [0, 0.05) is 41.9 Å². The van der Waals surface area contributed by atoms with Gasteiger partial charge in [0.2, 0.25) is 0 Å². The van der Waals surface area contributed by atoms with Crippen LogP contribution in [0.15, 0.2) is 12.2 Å². The van der Waals surface area contributed by atoms with Crippen molar-refractivity contribution in [1.29, 1.82) is 0 Å². The molecule has 16 atom stereocenters. The Morgan fingerprint density at radius 2 is 1.38 bits per heavy atom. The van der Waals surface area contributed by atoms with E-state index in [1.165, 1.54) is 0 Å². The minimum absolute atomic E-state index is 0. The number of hydrogen-bond donors (Lipinski definition) is 2. The molecule has 6 saturated heterocycles. The first kappa shape index (κ1) is 51.3. The number of aliphatic hydroxyl groups is 2. The molecule has 7 aliphatic rings. The van der Waals surface area contributed by atoms with E-state index in [0.29, 0.717) is 70.6 Å². The molecule has 15 nitrogen and oxygen atoms in total. The van der Waals surface area contributed by atoms with Crippen molar-refractivity contribution < 1.29 is 101 Å². The summed E-state index contributed by atoms with van der Waals surface area (Å²) in [5.41, 5.74) is -1.65. The van der Waals surface area contributed by atoms with Crippen LogP contribution < -0.4 is 29.6 Å². The number of carbonyl (C=O) groups is 3. The molecule has 9 bridgehead atoms. The van der Waals surface area contributed by atoms with Gasteiger partial charge >= 0.3 is 54.4 Å². The topological polar surface area (TPSA) is 184 Å². The molecule has 0 aromatic heterocycles. The molecule has 3 spiro atoms. The van der Waals surface area contributed by atoms with Crippen LogP contribution in [-0.4, -0.2) is 114 Å². The van der Waals surface area contributed by atoms with Gasteiger partial charge in [-0.05, 0) is 78.1 Å². The monoisotopic (exact) mass is 901 g/mol. The van der Waals surface area contributed by atoms with Crippen LogP contribution >= 0.6 is 0 Å². The molecule has 0 amide bonds. The minimum Gasteiger partial charge on any atom is -0.504 e. The molecule has 0 radical (unpaired) electrons. The fourth-order valence-corrected chi connectivity index (χ4v) is 10.8. The van der Waals surface area contributed by atoms with Gasteiger partial charge in [0.25, 0.3) is 0 Å². The average Bonchev–Trinajstić information content (AvgIpc) is 3.84. The van der Waals surface area contributed by atoms with Gasteiger partial charge in [0.15, 0.2) is 23.8 Å². The van der Waals surface area contributed by atoms with Crippen LogP contribution in [0.1, 0.15) is 159 Å². The van der Waals surface area contributed by atoms with Crippen molar-refractivity contribution in [3.8, 4) is 0 Å². The van der Waals surface area contributed by atoms with Crippen molar-refractivity contribution >= 4 is 24.9 Å². The Balaban J connectivity index is 0.00000661. The second-order valence-corrected chi connectivity index (χ2v) is 20.6. The maximum absolute atomic E-state index is 15.0. The van der Waals surface area contributed by atoms with E-state index in [-0.39, 0.29) is 48.5 Å². The van der Waals surface area contributed by atoms with Crippen LogP contribution in [0.2, 0.25) is 0 Å². The Hall–Kier alpha value is -1.15. The third-order valence-corrected chi connectivity index (χ3v) is 15.5. The maximum atomic E-state index is 15.0. The first-order chi connectivity index (χ1) is 29.3. The van der Waals surface area contributed by atoms with Crippen LogP contribution in [0.5, 0.6) is 0 Å². The number of carbonyl (C=O) groups excluding carboxylic acids is 3. The van der Waals surface area contributed by atoms with E-state index >= 15 is 4.79 Å². The summed E-state index contributed by atoms with van der Waals surface area (Å²) in [7, 11) is 0. The molecule has 0 aromatic rings. The number of esters is 3. The van der Waals surface area contributed by atoms with E-state index in [1.54, 1.807) is 6.92 Å². The van der Waals surface area contributed by atoms with Gasteiger partial charge in [-0.15, -0.1) is 0 Å². The number of ether oxygens (including phenoxy) is 6. The molecule has 2 N–H and O–H groups in total. The van der Waals surface area contributed by atoms with Crippen molar-refractivity contribution in [2.75, 3.05) is 0 Å². The first-order valence-electron chi connectivity index (χ1n) is 23.8. The van der Waals surface area contributed by atoms with Crippen molar-refractivity contribution in [3.05, 3.63) is 12.2 Å². The molecule has 63 heavy (non-hydrogen) atoms. The predicted octanol–water partition coefficient (Wildman–Crippen LogP) is 3.49. The van der Waals surface area contributed by atoms with Gasteiger partial charge in [-0.2, -0.15) is 0 Å². The quantitative estimate of drug-likeness (QED) is 0.130. The van der Waals surface area contributed by atoms with Gasteiger partial charge in [0.1, 0.15) is 18.3 Å². The molecule has 7 rings (SSSR count). The summed E-state index contributed by atoms with van der Waals surface area (Å²) in [6, 6.07) is 0. The van der Waals surface area contributed by atoms with Gasteiger partial charge in [0.05, 0.1) is 36.6 Å². The number of aliphatic hydroxyl groups excluding tert-OH is 2. The third kappa shape index (κ3) is 10.2. The van der Waals surface area contributed by atoms with Gasteiger partial charge in [-0.1, -0.05) is 73.5 Å². The van der Waals surface area contributed by atoms with Crippen LogP contribution in [0.4, 0.5) is 0 Å². The van der Waals surface area contributed by atoms with Crippen molar-refractivity contribution in [2.24, 2.45) is 22.7 Å². The number of allylic oxidation sites excluding steroid dienone is 1. The molecule has 7 heterocycles. The van der Waals surface area contributed by atoms with Crippen LogP contribution in [0, 0.1) is 22.7 Å². The first-order valence-corrected chi connectivity index (χ1v) is 23.8. The van der Waals surface area contributed by atoms with E-state index in [9.17, 15) is 19.8 Å². The van der Waals surface area contributed by atoms with Crippen molar-refractivity contribution in [3.63, 3.8) is 0 Å². The molecule has 1 unspecified atom stereocenters. The molecule has 7 aliphatic heterocycles. The SMILES string of the molecule is CCCCCC(=O)O[C@H](C)[C@@H]1C/C=C\CC[C@H](O)C(C)(C)[C@@H]2CC[C@@H](C)[C@]3(O2)O[B-]24O[C@@H](C(=O)O1)[C@@]1(O[C@@H](CC[C@H]1C)C(C)(C)[C@H](O)CCC[C@@H]1C[C@H](OC(=O)[C@@H]3O2)[C@@H](C)O1)O4.[Na+]. The number of hydrogen-bond acceptors (Lipinski definition) is 15. The summed E-state index contributed by atoms with van der Waals surface area (Å²) in [5.74, 6) is -6.73. The Morgan fingerprint density at radius 1 is 0.810 bits per heavy atom. The average molecular weight is 901 g/mol. The van der Waals surface area contributed by atoms with Gasteiger partial charge < -0.3 is 57.3 Å². The molecular weight excluding hydrogens is 826 g/mol. The number of cyclic esters (lactones) is 1. The largest absolute Gasteiger partial charge is 1.00 e. The third-order valence-electron chi connectivity index (χ3n) is 15.5. The second kappa shape index (κ2) is 20.2. The summed E-state index contributed by atoms with van der Waals surface area (Å²) < 4.78 is 66.2. The van der Waals surface area contributed by atoms with Crippen molar-refractivity contribution in [2.45, 2.75) is 237 Å². The smallest absolute Gasteiger partial charge is 0.504 e. The zero-order valence-corrected chi connectivity index (χ0v) is 41.5. The Labute approximate surface area is 396 Å². The van der Waals surface area contributed by atoms with E-state index in [1.807, 2.05) is 60.6 Å². The maximum Gasteiger partial charge on any atom is 1.00 e. The normalized spacial score (nSPS) is 44.9. The molecular formula is C46H74BNaO15. The number of unbranched alkanes of at least 4 members (excludes halogenated alkanes) is 2. The van der Waals surface area contributed by atoms with Crippen molar-refractivity contribution in [1.82, 2.24) is 0 Å². The summed E-state index contributed by atoms with van der Waals surface area (Å²) in [5, 5.41) is 23.6. The summed E-state index contributed by atoms with van der Waals surface area (Å²) in [6.07, 6.45) is 2.98. The second-order valence-electron chi connectivity index (χ2n) is 20.6. The molecule has 0 aromatic carbocycles. The zero-order valence-electron chi connectivity index (χ0n) is 39.5. The molecule has 0 saturated carbocycles. The standard InChI is InChI=1S/C46H74BO15.Na/c1-10-11-13-21-38(50)54-29(4)32-18-14-12-15-19-34(48)43(6,7)36-24-22-28(3)46(57-36)40-42(52)56-33-26-31(53-30(33)5)17-16-20-35(49)44(8,9)37-25-23-27(2)45(58-37)39(41(51)55-32)59-47(60-40,61-45)62-46;/h12,14,27-37,39-40,48-49H,10-11,13,15-26H2,1-9H3;/q-1;+1/b14-12-;/t27-,28-,29-,30-,31-,32+,33+,34+,35-,36+,37+,39+,40+,45+,46+,47?;/m1./s1. The minimum atomic E-state index is -3.51. The molecule has 17 heteroatoms. The molecule has 352 valence electrons. The molecule has 6 fully saturated rings. The fraction of sp³-hybridized carbons (Fsp3) is 0.891. The van der Waals surface area contributed by atoms with E-state index in [4.69, 9.17) is 47.0 Å². The fourth-order valence-electron chi connectivity index (χ4n) is 10.8. The predicted molar refractivity (Wildman–Crippen MR) is 224 cm³/mol. The number of rotatable bonds is 6. The van der Waals surface area contributed by atoms with Crippen LogP contribution in [0.25, 0.3) is 0 Å². The zero-order chi connectivity index (χ0) is 44.8. The summed E-state index contributed by atoms with van der Waals surface area (Å²) in [6.45, 7) is 13.7. The van der Waals surface area contributed by atoms with Crippen LogP contribution in [0.3, 0.4) is 0 Å². The Morgan fingerprint density at radius 3 is 1.97 bits per heavy atom. The molecule has 0 aliphatic carbocycles. The van der Waals surface area contributed by atoms with E-state index in [2.05, 4.69) is 6.92 Å². The van der Waals surface area contributed by atoms with E-state index < -0.39 is 120 Å². The number of fused-ring (bicyclic) bond motifs is 6.